The third-order valence-electron chi connectivity index (χ3n) is 4.81. The molecule has 2 N–H and O–H groups in total. The Labute approximate surface area is 175 Å². The number of amides is 2. The molecule has 0 unspecified atom stereocenters. The molecule has 0 aliphatic heterocycles. The monoisotopic (exact) mass is 417 g/mol. The molecular formula is C21H27N3O4S. The van der Waals surface area contributed by atoms with Gasteiger partial charge in [0.1, 0.15) is 16.5 Å². The Bertz CT molecular complexity index is 885. The maximum atomic E-state index is 13.0. The number of ether oxygens (including phenoxy) is 2. The summed E-state index contributed by atoms with van der Waals surface area (Å²) in [4.78, 5) is 27.1. The predicted molar refractivity (Wildman–Crippen MR) is 114 cm³/mol. The maximum Gasteiger partial charge on any atom is 0.268 e. The first-order valence-corrected chi connectivity index (χ1v) is 10.4. The molecule has 1 heterocycles. The molecule has 8 heteroatoms. The minimum Gasteiger partial charge on any atom is -0.497 e. The van der Waals surface area contributed by atoms with E-state index >= 15 is 0 Å². The lowest BCUT2D eigenvalue weighted by molar-refractivity contribution is 0.0857. The van der Waals surface area contributed by atoms with Crippen molar-refractivity contribution in [2.45, 2.75) is 32.1 Å². The van der Waals surface area contributed by atoms with Crippen molar-refractivity contribution in [2.75, 3.05) is 33.6 Å². The van der Waals surface area contributed by atoms with Crippen molar-refractivity contribution in [1.82, 2.24) is 10.4 Å². The first-order valence-electron chi connectivity index (χ1n) is 9.60. The Morgan fingerprint density at radius 2 is 1.62 bits per heavy atom. The highest BCUT2D eigenvalue weighted by atomic mass is 32.1. The van der Waals surface area contributed by atoms with E-state index in [1.807, 2.05) is 0 Å². The largest absolute Gasteiger partial charge is 0.497 e. The Hall–Kier alpha value is -2.58. The quantitative estimate of drug-likeness (QED) is 0.556. The molecule has 0 saturated carbocycles. The van der Waals surface area contributed by atoms with Crippen LogP contribution >= 0.6 is 11.3 Å². The zero-order chi connectivity index (χ0) is 21.0. The average Bonchev–Trinajstić information content (AvgIpc) is 2.87. The summed E-state index contributed by atoms with van der Waals surface area (Å²) in [5.74, 6) is 0.550. The lowest BCUT2D eigenvalue weighted by atomic mass is 10.0. The summed E-state index contributed by atoms with van der Waals surface area (Å²) in [6.07, 6.45) is 5.09. The predicted octanol–water partition coefficient (Wildman–Crippen LogP) is 3.49. The van der Waals surface area contributed by atoms with E-state index in [4.69, 9.17) is 9.47 Å². The molecular weight excluding hydrogens is 390 g/mol. The Morgan fingerprint density at radius 1 is 0.966 bits per heavy atom. The normalized spacial score (nSPS) is 13.4. The number of methoxy groups -OCH3 is 2. The van der Waals surface area contributed by atoms with Crippen LogP contribution in [0.3, 0.4) is 0 Å². The summed E-state index contributed by atoms with van der Waals surface area (Å²) >= 11 is 1.50. The van der Waals surface area contributed by atoms with Gasteiger partial charge in [0.05, 0.1) is 19.8 Å². The number of hydrogen-bond donors (Lipinski definition) is 2. The maximum absolute atomic E-state index is 13.0. The van der Waals surface area contributed by atoms with Crippen molar-refractivity contribution in [3.63, 3.8) is 0 Å². The van der Waals surface area contributed by atoms with Crippen molar-refractivity contribution in [1.29, 1.82) is 0 Å². The number of carbonyl (C=O) groups excluding carboxylic acids is 2. The van der Waals surface area contributed by atoms with Gasteiger partial charge in [-0.15, -0.1) is 11.3 Å². The van der Waals surface area contributed by atoms with Crippen molar-refractivity contribution < 1.29 is 19.1 Å². The van der Waals surface area contributed by atoms with Gasteiger partial charge >= 0.3 is 0 Å². The highest BCUT2D eigenvalue weighted by molar-refractivity contribution is 7.17. The fourth-order valence-corrected chi connectivity index (χ4v) is 4.73. The number of hydrogen-bond acceptors (Lipinski definition) is 6. The summed E-state index contributed by atoms with van der Waals surface area (Å²) in [7, 11) is 6.61. The number of thiophene rings is 1. The van der Waals surface area contributed by atoms with E-state index in [-0.39, 0.29) is 11.8 Å². The van der Waals surface area contributed by atoms with Gasteiger partial charge in [0, 0.05) is 30.6 Å². The molecule has 2 aromatic rings. The molecule has 2 amide bonds. The number of nitrogens with zero attached hydrogens (tertiary/aromatic N) is 1. The van der Waals surface area contributed by atoms with Gasteiger partial charge in [-0.25, -0.2) is 5.01 Å². The fraction of sp³-hybridized carbons (Fsp3) is 0.429. The van der Waals surface area contributed by atoms with Gasteiger partial charge in [0.25, 0.3) is 11.8 Å². The van der Waals surface area contributed by atoms with Gasteiger partial charge in [0.2, 0.25) is 0 Å². The molecule has 0 fully saturated rings. The van der Waals surface area contributed by atoms with Crippen LogP contribution in [0.25, 0.3) is 0 Å². The number of nitrogens with one attached hydrogen (secondary N) is 2. The van der Waals surface area contributed by atoms with Crippen LogP contribution in [0.2, 0.25) is 0 Å². The minimum atomic E-state index is -0.308. The Balaban J connectivity index is 1.96. The van der Waals surface area contributed by atoms with Crippen LogP contribution < -0.4 is 20.2 Å². The molecule has 29 heavy (non-hydrogen) atoms. The van der Waals surface area contributed by atoms with Crippen molar-refractivity contribution in [3.05, 3.63) is 39.8 Å². The van der Waals surface area contributed by atoms with E-state index in [0.717, 1.165) is 37.7 Å². The highest BCUT2D eigenvalue weighted by Crippen LogP contribution is 2.38. The zero-order valence-electron chi connectivity index (χ0n) is 17.3. The summed E-state index contributed by atoms with van der Waals surface area (Å²) in [6.45, 7) is 0. The Morgan fingerprint density at radius 3 is 2.24 bits per heavy atom. The van der Waals surface area contributed by atoms with Crippen molar-refractivity contribution >= 4 is 28.2 Å². The molecule has 0 bridgehead atoms. The fourth-order valence-electron chi connectivity index (χ4n) is 3.44. The molecule has 3 rings (SSSR count). The van der Waals surface area contributed by atoms with Crippen LogP contribution in [0, 0.1) is 0 Å². The van der Waals surface area contributed by atoms with Gasteiger partial charge in [-0.05, 0) is 43.4 Å². The van der Waals surface area contributed by atoms with E-state index < -0.39 is 0 Å². The second kappa shape index (κ2) is 9.28. The third kappa shape index (κ3) is 4.89. The van der Waals surface area contributed by atoms with Crippen LogP contribution in [0.1, 0.15) is 50.4 Å². The van der Waals surface area contributed by atoms with E-state index in [1.54, 1.807) is 37.3 Å². The van der Waals surface area contributed by atoms with Crippen LogP contribution in [0.5, 0.6) is 11.5 Å². The van der Waals surface area contributed by atoms with Crippen molar-refractivity contribution in [3.8, 4) is 11.5 Å². The number of benzene rings is 1. The van der Waals surface area contributed by atoms with E-state index in [2.05, 4.69) is 10.7 Å². The Kier molecular flexibility index (Phi) is 6.76. The highest BCUT2D eigenvalue weighted by Gasteiger charge is 2.26. The molecule has 0 radical (unpaired) electrons. The van der Waals surface area contributed by atoms with Crippen LogP contribution in [0.4, 0.5) is 5.00 Å². The number of anilines is 1. The SMILES string of the molecule is COc1cc(OC)cc(C(=O)Nc2sc3c(c2C(=O)NN(C)C)CCCCC3)c1. The molecule has 1 aromatic heterocycles. The number of rotatable bonds is 6. The number of hydrazine groups is 1. The number of fused-ring (bicyclic) bond motifs is 1. The molecule has 0 saturated heterocycles. The van der Waals surface area contributed by atoms with Crippen LogP contribution in [0.15, 0.2) is 18.2 Å². The topological polar surface area (TPSA) is 79.9 Å². The van der Waals surface area contributed by atoms with Crippen LogP contribution in [-0.2, 0) is 12.8 Å². The smallest absolute Gasteiger partial charge is 0.268 e. The second-order valence-electron chi connectivity index (χ2n) is 7.16. The van der Waals surface area contributed by atoms with Crippen LogP contribution in [-0.4, -0.2) is 45.1 Å². The van der Waals surface area contributed by atoms with Gasteiger partial charge in [-0.2, -0.15) is 0 Å². The lowest BCUT2D eigenvalue weighted by Crippen LogP contribution is -2.36. The minimum absolute atomic E-state index is 0.201. The third-order valence-corrected chi connectivity index (χ3v) is 6.02. The summed E-state index contributed by atoms with van der Waals surface area (Å²) in [5.41, 5.74) is 4.86. The first kappa shape index (κ1) is 21.1. The average molecular weight is 418 g/mol. The van der Waals surface area contributed by atoms with Gasteiger partial charge in [-0.3, -0.25) is 15.0 Å². The summed E-state index contributed by atoms with van der Waals surface area (Å²) < 4.78 is 10.5. The summed E-state index contributed by atoms with van der Waals surface area (Å²) in [5, 5.41) is 5.15. The van der Waals surface area contributed by atoms with E-state index in [1.165, 1.54) is 30.4 Å². The second-order valence-corrected chi connectivity index (χ2v) is 8.26. The number of carbonyl (C=O) groups is 2. The zero-order valence-corrected chi connectivity index (χ0v) is 18.1. The standard InChI is InChI=1S/C21H27N3O4S/c1-24(2)23-20(26)18-16-8-6-5-7-9-17(16)29-21(18)22-19(25)13-10-14(27-3)12-15(11-13)28-4/h10-12H,5-9H2,1-4H3,(H,22,25)(H,23,26). The van der Waals surface area contributed by atoms with Crippen molar-refractivity contribution in [2.24, 2.45) is 0 Å². The molecule has 7 nitrogen and oxygen atoms in total. The molecule has 1 aliphatic rings. The number of aryl methyl sites for hydroxylation is 1. The lowest BCUT2D eigenvalue weighted by Gasteiger charge is -2.14. The van der Waals surface area contributed by atoms with E-state index in [9.17, 15) is 9.59 Å². The van der Waals surface area contributed by atoms with E-state index in [0.29, 0.717) is 27.6 Å². The first-order chi connectivity index (χ1) is 13.9. The van der Waals surface area contributed by atoms with Gasteiger partial charge < -0.3 is 14.8 Å². The molecule has 0 atom stereocenters. The summed E-state index contributed by atoms with van der Waals surface area (Å²) in [6, 6.07) is 5.01. The molecule has 156 valence electrons. The molecule has 0 spiro atoms. The van der Waals surface area contributed by atoms with Gasteiger partial charge in [-0.1, -0.05) is 6.42 Å². The molecule has 1 aromatic carbocycles. The molecule has 1 aliphatic carbocycles. The van der Waals surface area contributed by atoms with Gasteiger partial charge in [0.15, 0.2) is 0 Å².